The summed E-state index contributed by atoms with van der Waals surface area (Å²) in [7, 11) is 0. The molecule has 1 aromatic carbocycles. The molecular weight excluding hydrogens is 256 g/mol. The van der Waals surface area contributed by atoms with Crippen molar-refractivity contribution in [1.82, 2.24) is 5.32 Å². The molecule has 0 radical (unpaired) electrons. The van der Waals surface area contributed by atoms with Crippen LogP contribution in [-0.2, 0) is 9.59 Å². The Hall–Kier alpha value is -2.30. The second kappa shape index (κ2) is 7.33. The molecule has 108 valence electrons. The number of carboxylic acids is 1. The van der Waals surface area contributed by atoms with Gasteiger partial charge >= 0.3 is 5.97 Å². The minimum Gasteiger partial charge on any atom is -0.480 e. The summed E-state index contributed by atoms with van der Waals surface area (Å²) in [6.07, 6.45) is 3.62. The molecule has 0 heterocycles. The average Bonchev–Trinajstić information content (AvgIpc) is 2.43. The van der Waals surface area contributed by atoms with Gasteiger partial charge < -0.3 is 16.2 Å². The Bertz CT molecular complexity index is 494. The van der Waals surface area contributed by atoms with E-state index in [0.717, 1.165) is 5.56 Å². The lowest BCUT2D eigenvalue weighted by molar-refractivity contribution is -0.142. The van der Waals surface area contributed by atoms with Crippen molar-refractivity contribution in [3.8, 4) is 0 Å². The Kier molecular flexibility index (Phi) is 5.77. The molecule has 4 N–H and O–H groups in total. The van der Waals surface area contributed by atoms with E-state index in [1.165, 1.54) is 6.08 Å². The molecule has 0 aliphatic heterocycles. The van der Waals surface area contributed by atoms with Gasteiger partial charge in [-0.2, -0.15) is 0 Å². The lowest BCUT2D eigenvalue weighted by Gasteiger charge is -2.19. The first-order valence-electron chi connectivity index (χ1n) is 6.51. The van der Waals surface area contributed by atoms with Crippen molar-refractivity contribution < 1.29 is 14.7 Å². The number of hydrogen-bond acceptors (Lipinski definition) is 3. The smallest absolute Gasteiger partial charge is 0.326 e. The molecule has 1 aromatic rings. The highest BCUT2D eigenvalue weighted by atomic mass is 16.4. The van der Waals surface area contributed by atoms with Crippen molar-refractivity contribution in [3.63, 3.8) is 0 Å². The fourth-order valence-corrected chi connectivity index (χ4v) is 1.66. The number of carbonyl (C=O) groups excluding carboxylic acids is 1. The summed E-state index contributed by atoms with van der Waals surface area (Å²) in [5, 5.41) is 11.6. The van der Waals surface area contributed by atoms with Gasteiger partial charge in [-0.1, -0.05) is 32.4 Å². The zero-order chi connectivity index (χ0) is 15.1. The van der Waals surface area contributed by atoms with E-state index in [4.69, 9.17) is 10.8 Å². The molecule has 0 fully saturated rings. The first kappa shape index (κ1) is 15.8. The minimum absolute atomic E-state index is 0.124. The van der Waals surface area contributed by atoms with Crippen LogP contribution in [0, 0.1) is 5.92 Å². The summed E-state index contributed by atoms with van der Waals surface area (Å²) in [4.78, 5) is 22.8. The molecule has 0 aromatic heterocycles. The van der Waals surface area contributed by atoms with Crippen molar-refractivity contribution in [2.24, 2.45) is 5.92 Å². The van der Waals surface area contributed by atoms with Gasteiger partial charge in [0.25, 0.3) is 0 Å². The van der Waals surface area contributed by atoms with Gasteiger partial charge in [-0.05, 0) is 29.7 Å². The number of aliphatic carboxylic acids is 1. The predicted octanol–water partition coefficient (Wildman–Crippen LogP) is 1.90. The maximum atomic E-state index is 11.7. The van der Waals surface area contributed by atoms with Crippen LogP contribution in [0.4, 0.5) is 5.69 Å². The average molecular weight is 276 g/mol. The van der Waals surface area contributed by atoms with Crippen LogP contribution in [0.25, 0.3) is 6.08 Å². The third-order valence-corrected chi connectivity index (χ3v) is 3.14. The van der Waals surface area contributed by atoms with E-state index < -0.39 is 17.9 Å². The summed E-state index contributed by atoms with van der Waals surface area (Å²) >= 11 is 0. The summed E-state index contributed by atoms with van der Waals surface area (Å²) in [6, 6.07) is 6.15. The van der Waals surface area contributed by atoms with E-state index in [1.54, 1.807) is 37.3 Å². The first-order valence-corrected chi connectivity index (χ1v) is 6.51. The highest BCUT2D eigenvalue weighted by molar-refractivity contribution is 5.94. The first-order chi connectivity index (χ1) is 9.43. The van der Waals surface area contributed by atoms with Gasteiger partial charge in [0.05, 0.1) is 0 Å². The molecule has 1 rings (SSSR count). The van der Waals surface area contributed by atoms with Gasteiger partial charge in [0.2, 0.25) is 5.91 Å². The van der Waals surface area contributed by atoms with E-state index in [1.807, 2.05) is 6.92 Å². The van der Waals surface area contributed by atoms with E-state index in [2.05, 4.69) is 5.32 Å². The molecule has 2 atom stereocenters. The summed E-state index contributed by atoms with van der Waals surface area (Å²) in [6.45, 7) is 3.68. The van der Waals surface area contributed by atoms with Crippen LogP contribution in [0.3, 0.4) is 0 Å². The predicted molar refractivity (Wildman–Crippen MR) is 78.9 cm³/mol. The molecule has 0 unspecified atom stereocenters. The van der Waals surface area contributed by atoms with Crippen molar-refractivity contribution in [1.29, 1.82) is 0 Å². The number of carboxylic acid groups (broad SMARTS) is 1. The van der Waals surface area contributed by atoms with Crippen LogP contribution in [0.5, 0.6) is 0 Å². The number of benzene rings is 1. The molecule has 0 saturated heterocycles. The number of amides is 1. The van der Waals surface area contributed by atoms with Crippen LogP contribution in [0.2, 0.25) is 0 Å². The molecule has 0 spiro atoms. The van der Waals surface area contributed by atoms with Crippen LogP contribution < -0.4 is 11.1 Å². The van der Waals surface area contributed by atoms with Crippen LogP contribution in [0.15, 0.2) is 30.3 Å². The van der Waals surface area contributed by atoms with Crippen LogP contribution in [-0.4, -0.2) is 23.0 Å². The summed E-state index contributed by atoms with van der Waals surface area (Å²) < 4.78 is 0. The molecule has 1 amide bonds. The number of anilines is 1. The molecular formula is C15H20N2O3. The number of hydrogen-bond donors (Lipinski definition) is 3. The minimum atomic E-state index is -1.02. The van der Waals surface area contributed by atoms with Gasteiger partial charge in [0, 0.05) is 11.8 Å². The van der Waals surface area contributed by atoms with Gasteiger partial charge in [0.1, 0.15) is 6.04 Å². The normalized spacial score (nSPS) is 13.9. The van der Waals surface area contributed by atoms with Gasteiger partial charge in [-0.25, -0.2) is 4.79 Å². The van der Waals surface area contributed by atoms with Crippen molar-refractivity contribution in [2.45, 2.75) is 26.3 Å². The van der Waals surface area contributed by atoms with Gasteiger partial charge in [-0.15, -0.1) is 0 Å². The zero-order valence-corrected chi connectivity index (χ0v) is 11.7. The van der Waals surface area contributed by atoms with Crippen LogP contribution in [0.1, 0.15) is 25.8 Å². The van der Waals surface area contributed by atoms with E-state index in [0.29, 0.717) is 12.1 Å². The molecule has 20 heavy (non-hydrogen) atoms. The summed E-state index contributed by atoms with van der Waals surface area (Å²) in [5.74, 6) is -1.57. The molecule has 0 saturated carbocycles. The molecule has 5 heteroatoms. The maximum Gasteiger partial charge on any atom is 0.326 e. The fraction of sp³-hybridized carbons (Fsp3) is 0.333. The lowest BCUT2D eigenvalue weighted by Crippen LogP contribution is -2.44. The Morgan fingerprint density at radius 3 is 2.45 bits per heavy atom. The van der Waals surface area contributed by atoms with Crippen LogP contribution >= 0.6 is 0 Å². The lowest BCUT2D eigenvalue weighted by atomic mass is 9.99. The number of nitrogens with one attached hydrogen (secondary N) is 1. The van der Waals surface area contributed by atoms with Crippen molar-refractivity contribution in [3.05, 3.63) is 35.9 Å². The second-order valence-corrected chi connectivity index (χ2v) is 4.71. The SMILES string of the molecule is CC[C@H](C)[C@H](NC(=O)/C=C/c1ccc(N)cc1)C(=O)O. The molecule has 0 aliphatic rings. The van der Waals surface area contributed by atoms with Crippen molar-refractivity contribution in [2.75, 3.05) is 5.73 Å². The van der Waals surface area contributed by atoms with E-state index >= 15 is 0 Å². The summed E-state index contributed by atoms with van der Waals surface area (Å²) in [5.41, 5.74) is 7.03. The quantitative estimate of drug-likeness (QED) is 0.546. The van der Waals surface area contributed by atoms with Gasteiger partial charge in [0.15, 0.2) is 0 Å². The molecule has 0 aliphatic carbocycles. The monoisotopic (exact) mass is 276 g/mol. The molecule has 0 bridgehead atoms. The number of nitrogen functional groups attached to an aromatic ring is 1. The third kappa shape index (κ3) is 4.76. The Morgan fingerprint density at radius 1 is 1.35 bits per heavy atom. The number of rotatable bonds is 6. The fourth-order valence-electron chi connectivity index (χ4n) is 1.66. The highest BCUT2D eigenvalue weighted by Crippen LogP contribution is 2.09. The van der Waals surface area contributed by atoms with Crippen molar-refractivity contribution >= 4 is 23.6 Å². The number of nitrogens with two attached hydrogens (primary N) is 1. The Morgan fingerprint density at radius 2 is 1.95 bits per heavy atom. The largest absolute Gasteiger partial charge is 0.480 e. The van der Waals surface area contributed by atoms with E-state index in [9.17, 15) is 9.59 Å². The Labute approximate surface area is 118 Å². The maximum absolute atomic E-state index is 11.7. The zero-order valence-electron chi connectivity index (χ0n) is 11.7. The topological polar surface area (TPSA) is 92.4 Å². The highest BCUT2D eigenvalue weighted by Gasteiger charge is 2.24. The Balaban J connectivity index is 2.66. The second-order valence-electron chi connectivity index (χ2n) is 4.71. The third-order valence-electron chi connectivity index (χ3n) is 3.14. The molecule has 5 nitrogen and oxygen atoms in total. The standard InChI is InChI=1S/C15H20N2O3/c1-3-10(2)14(15(19)20)17-13(18)9-6-11-4-7-12(16)8-5-11/h4-10,14H,3,16H2,1-2H3,(H,17,18)(H,19,20)/b9-6+/t10-,14-/m0/s1. The van der Waals surface area contributed by atoms with Gasteiger partial charge in [-0.3, -0.25) is 4.79 Å². The number of carbonyl (C=O) groups is 2. The van der Waals surface area contributed by atoms with E-state index in [-0.39, 0.29) is 5.92 Å².